The number of ketones is 2. The topological polar surface area (TPSA) is 55.8 Å². The maximum Gasteiger partial charge on any atom is 0.174 e. The minimum absolute atomic E-state index is 0.138. The fourth-order valence-corrected chi connectivity index (χ4v) is 9.04. The number of carbonyl (C=O) groups excluding carboxylic acids is 2. The van der Waals surface area contributed by atoms with Crippen LogP contribution >= 0.6 is 22.6 Å². The molecule has 0 unspecified atom stereocenters. The summed E-state index contributed by atoms with van der Waals surface area (Å²) in [5.74, 6) is 1.15. The Bertz CT molecular complexity index is 1980. The van der Waals surface area contributed by atoms with Gasteiger partial charge < -0.3 is 14.4 Å². The quantitative estimate of drug-likeness (QED) is 0.158. The fraction of sp³-hybridized carbons (Fsp3) is 0.364. The Morgan fingerprint density at radius 1 is 0.760 bits per heavy atom. The molecule has 2 aliphatic carbocycles. The van der Waals surface area contributed by atoms with E-state index in [-0.39, 0.29) is 22.4 Å². The van der Waals surface area contributed by atoms with E-state index in [1.54, 1.807) is 0 Å². The maximum atomic E-state index is 14.4. The Balaban J connectivity index is 1.34. The van der Waals surface area contributed by atoms with Gasteiger partial charge in [0.2, 0.25) is 0 Å². The van der Waals surface area contributed by atoms with Crippen molar-refractivity contribution in [2.75, 3.05) is 13.2 Å². The SMILES string of the molecule is CCOc1cc(C2C3=C(CC(C)(C)CC3=O)N(CCc3ccccc3)C3=C2C(=O)CC(C)(C)C3)cc(I)c1OCc1cccc2ccccc12. The number of fused-ring (bicyclic) bond motifs is 1. The molecule has 4 aromatic carbocycles. The number of hydrogen-bond donors (Lipinski definition) is 0. The lowest BCUT2D eigenvalue weighted by atomic mass is 9.63. The van der Waals surface area contributed by atoms with E-state index in [2.05, 4.69) is 122 Å². The fourth-order valence-electron chi connectivity index (χ4n) is 8.26. The zero-order valence-corrected chi connectivity index (χ0v) is 31.9. The summed E-state index contributed by atoms with van der Waals surface area (Å²) in [6.45, 7) is 12.3. The number of allylic oxidation sites excluding steroid dienone is 4. The van der Waals surface area contributed by atoms with E-state index < -0.39 is 5.92 Å². The summed E-state index contributed by atoms with van der Waals surface area (Å²) >= 11 is 2.33. The third-order valence-electron chi connectivity index (χ3n) is 10.4. The molecule has 1 aliphatic heterocycles. The van der Waals surface area contributed by atoms with Crippen LogP contribution in [0.3, 0.4) is 0 Å². The molecule has 0 spiro atoms. The van der Waals surface area contributed by atoms with E-state index in [9.17, 15) is 9.59 Å². The molecule has 0 fully saturated rings. The Morgan fingerprint density at radius 3 is 2.04 bits per heavy atom. The number of benzene rings is 4. The van der Waals surface area contributed by atoms with Crippen LogP contribution in [-0.4, -0.2) is 29.6 Å². The highest BCUT2D eigenvalue weighted by atomic mass is 127. The molecule has 0 bridgehead atoms. The van der Waals surface area contributed by atoms with E-state index in [1.165, 1.54) is 10.9 Å². The summed E-state index contributed by atoms with van der Waals surface area (Å²) in [6.07, 6.45) is 3.31. The number of nitrogens with zero attached hydrogens (tertiary/aromatic N) is 1. The number of ether oxygens (including phenoxy) is 2. The predicted molar refractivity (Wildman–Crippen MR) is 208 cm³/mol. The first kappa shape index (κ1) is 34.5. The molecule has 6 heteroatoms. The van der Waals surface area contributed by atoms with Gasteiger partial charge in [0, 0.05) is 47.8 Å². The second-order valence-corrected chi connectivity index (χ2v) is 16.8. The second-order valence-electron chi connectivity index (χ2n) is 15.6. The molecule has 0 aromatic heterocycles. The van der Waals surface area contributed by atoms with Crippen LogP contribution in [0.5, 0.6) is 11.5 Å². The van der Waals surface area contributed by atoms with Crippen LogP contribution in [-0.2, 0) is 22.6 Å². The largest absolute Gasteiger partial charge is 0.490 e. The monoisotopic (exact) mass is 779 g/mol. The third-order valence-corrected chi connectivity index (χ3v) is 11.2. The number of Topliss-reactive ketones (excluding diaryl/α,β-unsaturated/α-hetero) is 2. The van der Waals surface area contributed by atoms with Crippen LogP contribution in [0.1, 0.15) is 82.9 Å². The molecular formula is C44H46INO4. The Labute approximate surface area is 309 Å². The van der Waals surface area contributed by atoms with Crippen molar-refractivity contribution < 1.29 is 19.1 Å². The van der Waals surface area contributed by atoms with Gasteiger partial charge in [-0.1, -0.05) is 100 Å². The minimum Gasteiger partial charge on any atom is -0.490 e. The van der Waals surface area contributed by atoms with Crippen LogP contribution in [0.4, 0.5) is 0 Å². The van der Waals surface area contributed by atoms with Crippen molar-refractivity contribution in [2.45, 2.75) is 79.2 Å². The zero-order chi connectivity index (χ0) is 35.2. The van der Waals surface area contributed by atoms with Gasteiger partial charge in [-0.05, 0) is 99.2 Å². The van der Waals surface area contributed by atoms with E-state index >= 15 is 0 Å². The van der Waals surface area contributed by atoms with Crippen LogP contribution in [0, 0.1) is 14.4 Å². The molecule has 5 nitrogen and oxygen atoms in total. The molecule has 0 atom stereocenters. The highest BCUT2D eigenvalue weighted by molar-refractivity contribution is 14.1. The first-order valence-corrected chi connectivity index (χ1v) is 18.9. The van der Waals surface area contributed by atoms with Crippen LogP contribution in [0.2, 0.25) is 0 Å². The minimum atomic E-state index is -0.444. The highest BCUT2D eigenvalue weighted by Crippen LogP contribution is 2.55. The Hall–Kier alpha value is -3.91. The van der Waals surface area contributed by atoms with Crippen molar-refractivity contribution in [3.63, 3.8) is 0 Å². The van der Waals surface area contributed by atoms with Crippen molar-refractivity contribution in [3.05, 3.63) is 128 Å². The van der Waals surface area contributed by atoms with Gasteiger partial charge >= 0.3 is 0 Å². The lowest BCUT2D eigenvalue weighted by Crippen LogP contribution is -2.45. The van der Waals surface area contributed by atoms with Gasteiger partial charge in [0.1, 0.15) is 6.61 Å². The molecule has 1 heterocycles. The zero-order valence-electron chi connectivity index (χ0n) is 29.8. The molecule has 258 valence electrons. The highest BCUT2D eigenvalue weighted by Gasteiger charge is 2.49. The lowest BCUT2D eigenvalue weighted by molar-refractivity contribution is -0.119. The van der Waals surface area contributed by atoms with E-state index in [1.807, 2.05) is 25.1 Å². The van der Waals surface area contributed by atoms with Crippen LogP contribution < -0.4 is 9.47 Å². The van der Waals surface area contributed by atoms with E-state index in [0.29, 0.717) is 37.6 Å². The standard InChI is InChI=1S/C44H46INO4/c1-6-49-38-22-31(21-33(45)42(38)50-27-30-17-12-16-29-15-10-11-18-32(29)30)39-40-34(23-43(2,3)25-36(40)47)46(20-19-28-13-8-7-9-14-28)35-24-44(4,5)26-37(48)41(35)39/h7-18,21-22,39H,6,19-20,23-27H2,1-5H3. The summed E-state index contributed by atoms with van der Waals surface area (Å²) < 4.78 is 13.7. The smallest absolute Gasteiger partial charge is 0.174 e. The van der Waals surface area contributed by atoms with Crippen molar-refractivity contribution in [1.29, 1.82) is 0 Å². The van der Waals surface area contributed by atoms with Gasteiger partial charge in [-0.3, -0.25) is 9.59 Å². The molecule has 50 heavy (non-hydrogen) atoms. The van der Waals surface area contributed by atoms with Crippen LogP contribution in [0.25, 0.3) is 10.8 Å². The van der Waals surface area contributed by atoms with E-state index in [4.69, 9.17) is 9.47 Å². The van der Waals surface area contributed by atoms with Gasteiger partial charge in [0.05, 0.1) is 10.2 Å². The van der Waals surface area contributed by atoms with Crippen molar-refractivity contribution >= 4 is 44.9 Å². The molecular weight excluding hydrogens is 733 g/mol. The number of carbonyl (C=O) groups is 2. The average Bonchev–Trinajstić information content (AvgIpc) is 3.06. The molecule has 3 aliphatic rings. The van der Waals surface area contributed by atoms with Gasteiger partial charge in [-0.15, -0.1) is 0 Å². The van der Waals surface area contributed by atoms with Crippen LogP contribution in [0.15, 0.2) is 107 Å². The molecule has 7 rings (SSSR count). The number of halogens is 1. The van der Waals surface area contributed by atoms with E-state index in [0.717, 1.165) is 68.4 Å². The summed E-state index contributed by atoms with van der Waals surface area (Å²) in [5.41, 5.74) is 6.64. The Kier molecular flexibility index (Phi) is 9.44. The van der Waals surface area contributed by atoms with Crippen molar-refractivity contribution in [2.24, 2.45) is 10.8 Å². The molecule has 0 N–H and O–H groups in total. The third kappa shape index (κ3) is 6.75. The molecule has 0 amide bonds. The second kappa shape index (κ2) is 13.7. The average molecular weight is 780 g/mol. The molecule has 0 radical (unpaired) electrons. The first-order chi connectivity index (χ1) is 23.9. The predicted octanol–water partition coefficient (Wildman–Crippen LogP) is 10.4. The Morgan fingerprint density at radius 2 is 1.38 bits per heavy atom. The van der Waals surface area contributed by atoms with Gasteiger partial charge in [0.25, 0.3) is 0 Å². The summed E-state index contributed by atoms with van der Waals surface area (Å²) in [4.78, 5) is 31.2. The summed E-state index contributed by atoms with van der Waals surface area (Å²) in [7, 11) is 0. The normalized spacial score (nSPS) is 18.7. The van der Waals surface area contributed by atoms with Gasteiger partial charge in [-0.2, -0.15) is 0 Å². The number of hydrogen-bond acceptors (Lipinski definition) is 5. The van der Waals surface area contributed by atoms with Gasteiger partial charge in [-0.25, -0.2) is 0 Å². The summed E-state index contributed by atoms with van der Waals surface area (Å²) in [6, 6.07) is 29.3. The molecule has 0 saturated carbocycles. The summed E-state index contributed by atoms with van der Waals surface area (Å²) in [5, 5.41) is 2.34. The first-order valence-electron chi connectivity index (χ1n) is 17.8. The van der Waals surface area contributed by atoms with Gasteiger partial charge in [0.15, 0.2) is 23.1 Å². The lowest BCUT2D eigenvalue weighted by Gasteiger charge is -2.49. The number of rotatable bonds is 9. The van der Waals surface area contributed by atoms with Crippen molar-refractivity contribution in [3.8, 4) is 11.5 Å². The molecule has 4 aromatic rings. The maximum absolute atomic E-state index is 14.4. The molecule has 0 saturated heterocycles. The van der Waals surface area contributed by atoms with Crippen molar-refractivity contribution in [1.82, 2.24) is 4.90 Å².